The third-order valence-electron chi connectivity index (χ3n) is 3.02. The molecule has 2 N–H and O–H groups in total. The number of aliphatic hydroxyl groups excluding tert-OH is 1. The predicted molar refractivity (Wildman–Crippen MR) is 99.5 cm³/mol. The molecule has 0 aliphatic carbocycles. The molecule has 0 saturated carbocycles. The van der Waals surface area contributed by atoms with Crippen molar-refractivity contribution in [3.8, 4) is 5.75 Å². The van der Waals surface area contributed by atoms with E-state index in [1.807, 2.05) is 5.38 Å². The first-order valence-corrected chi connectivity index (χ1v) is 8.21. The lowest BCUT2D eigenvalue weighted by atomic mass is 10.1. The maximum absolute atomic E-state index is 10.00. The lowest BCUT2D eigenvalue weighted by Gasteiger charge is -2.07. The number of hydrogen-bond acceptors (Lipinski definition) is 6. The number of rotatable bonds is 6. The van der Waals surface area contributed by atoms with Gasteiger partial charge in [-0.25, -0.2) is 4.98 Å². The molecule has 23 heavy (non-hydrogen) atoms. The van der Waals surface area contributed by atoms with E-state index in [1.165, 1.54) is 11.3 Å². The Morgan fingerprint density at radius 1 is 1.48 bits per heavy atom. The highest BCUT2D eigenvalue weighted by molar-refractivity contribution is 7.13. The Labute approximate surface area is 141 Å². The van der Waals surface area contributed by atoms with Crippen molar-refractivity contribution in [1.29, 1.82) is 0 Å². The Hall–Kier alpha value is -2.34. The third kappa shape index (κ3) is 4.56. The van der Waals surface area contributed by atoms with Crippen molar-refractivity contribution in [3.63, 3.8) is 0 Å². The van der Waals surface area contributed by atoms with Crippen molar-refractivity contribution in [2.75, 3.05) is 12.4 Å². The van der Waals surface area contributed by atoms with Crippen LogP contribution >= 0.6 is 11.3 Å². The average molecular weight is 333 g/mol. The molecule has 1 heterocycles. The summed E-state index contributed by atoms with van der Waals surface area (Å²) in [5.74, 6) is 0.866. The predicted octanol–water partition coefficient (Wildman–Crippen LogP) is 4.89. The zero-order valence-electron chi connectivity index (χ0n) is 13.7. The summed E-state index contributed by atoms with van der Waals surface area (Å²) in [6.07, 6.45) is 3.32. The van der Waals surface area contributed by atoms with E-state index in [4.69, 9.17) is 4.74 Å². The summed E-state index contributed by atoms with van der Waals surface area (Å²) in [5, 5.41) is 16.1. The zero-order valence-corrected chi connectivity index (χ0v) is 14.5. The smallest absolute Gasteiger partial charge is 0.183 e. The molecule has 0 spiro atoms. The van der Waals surface area contributed by atoms with Gasteiger partial charge in [0, 0.05) is 24.5 Å². The molecular formula is C17H23N3O2S. The number of methoxy groups -OCH3 is 1. The number of hydrogen-bond donors (Lipinski definition) is 2. The highest BCUT2D eigenvalue weighted by atomic mass is 32.1. The molecule has 0 aliphatic heterocycles. The topological polar surface area (TPSA) is 66.7 Å². The van der Waals surface area contributed by atoms with Crippen molar-refractivity contribution in [1.82, 2.24) is 4.98 Å². The molecule has 2 aromatic rings. The largest absolute Gasteiger partial charge is 0.508 e. The molecule has 124 valence electrons. The molecule has 5 nitrogen and oxygen atoms in total. The van der Waals surface area contributed by atoms with E-state index in [-0.39, 0.29) is 7.19 Å². The summed E-state index contributed by atoms with van der Waals surface area (Å²) in [6, 6.07) is 5.70. The van der Waals surface area contributed by atoms with Crippen LogP contribution in [0.2, 0.25) is 0 Å². The van der Waals surface area contributed by atoms with E-state index >= 15 is 0 Å². The van der Waals surface area contributed by atoms with Crippen LogP contribution in [0.25, 0.3) is 5.76 Å². The molecule has 0 aliphatic rings. The second-order valence-electron chi connectivity index (χ2n) is 5.19. The number of allylic oxidation sites excluding steroid dienone is 1. The van der Waals surface area contributed by atoms with Crippen molar-refractivity contribution in [2.24, 2.45) is 4.99 Å². The number of thiazole rings is 1. The van der Waals surface area contributed by atoms with Gasteiger partial charge in [0.2, 0.25) is 0 Å². The highest BCUT2D eigenvalue weighted by Crippen LogP contribution is 2.29. The first-order valence-electron chi connectivity index (χ1n) is 7.33. The molecule has 0 fully saturated rings. The summed E-state index contributed by atoms with van der Waals surface area (Å²) >= 11 is 1.54. The summed E-state index contributed by atoms with van der Waals surface area (Å²) in [4.78, 5) is 8.91. The van der Waals surface area contributed by atoms with Gasteiger partial charge in [-0.2, -0.15) is 0 Å². The number of benzene rings is 1. The molecule has 0 amide bonds. The molecule has 1 aromatic carbocycles. The van der Waals surface area contributed by atoms with Crippen LogP contribution < -0.4 is 10.1 Å². The Kier molecular flexibility index (Phi) is 5.76. The second kappa shape index (κ2) is 7.78. The van der Waals surface area contributed by atoms with E-state index in [1.54, 1.807) is 44.5 Å². The number of aliphatic imine (C=N–C) groups is 1. The fourth-order valence-electron chi connectivity index (χ4n) is 1.91. The lowest BCUT2D eigenvalue weighted by Crippen LogP contribution is -2.09. The molecule has 0 bridgehead atoms. The van der Waals surface area contributed by atoms with Crippen LogP contribution in [0.1, 0.15) is 33.5 Å². The molecule has 0 radical (unpaired) electrons. The standard InChI is InChI=1S/C17H21N3O2S.H2/c1-5-16(21)14-7-6-13(22-4)8-15(14)18-9-12-10-23-17(20-12)19-11(2)3;/h5-11,21H,1-4H3,(H,19,20);1H/b16-5+,18-9?;. The van der Waals surface area contributed by atoms with Crippen molar-refractivity contribution >= 4 is 34.1 Å². The van der Waals surface area contributed by atoms with E-state index in [0.717, 1.165) is 10.8 Å². The molecule has 2 rings (SSSR count). The van der Waals surface area contributed by atoms with E-state index < -0.39 is 0 Å². The first kappa shape index (κ1) is 17.0. The first-order chi connectivity index (χ1) is 11.0. The molecule has 0 unspecified atom stereocenters. The molecular weight excluding hydrogens is 310 g/mol. The van der Waals surface area contributed by atoms with Crippen molar-refractivity contribution in [2.45, 2.75) is 26.8 Å². The van der Waals surface area contributed by atoms with Gasteiger partial charge >= 0.3 is 0 Å². The zero-order chi connectivity index (χ0) is 16.8. The summed E-state index contributed by atoms with van der Waals surface area (Å²) < 4.78 is 5.22. The van der Waals surface area contributed by atoms with Gasteiger partial charge in [0.05, 0.1) is 24.7 Å². The SMILES string of the molecule is C/C=C(/O)c1ccc(OC)cc1N=Cc1csc(NC(C)C)n1.[HH]. The second-order valence-corrected chi connectivity index (χ2v) is 6.05. The molecule has 1 aromatic heterocycles. The fourth-order valence-corrected chi connectivity index (χ4v) is 2.72. The number of nitrogens with zero attached hydrogens (tertiary/aromatic N) is 2. The maximum Gasteiger partial charge on any atom is 0.183 e. The van der Waals surface area contributed by atoms with Crippen LogP contribution in [0.15, 0.2) is 34.6 Å². The Balaban J connectivity index is 0.00000288. The monoisotopic (exact) mass is 333 g/mol. The number of aliphatic hydroxyl groups is 1. The molecule has 6 heteroatoms. The van der Waals surface area contributed by atoms with E-state index in [9.17, 15) is 5.11 Å². The van der Waals surface area contributed by atoms with Crippen LogP contribution in [-0.2, 0) is 0 Å². The van der Waals surface area contributed by atoms with Gasteiger partial charge in [0.1, 0.15) is 11.5 Å². The maximum atomic E-state index is 10.00. The van der Waals surface area contributed by atoms with Gasteiger partial charge in [0.15, 0.2) is 5.13 Å². The van der Waals surface area contributed by atoms with Gasteiger partial charge in [-0.1, -0.05) is 0 Å². The van der Waals surface area contributed by atoms with Crippen LogP contribution in [0.5, 0.6) is 5.75 Å². The van der Waals surface area contributed by atoms with Crippen LogP contribution in [0.3, 0.4) is 0 Å². The van der Waals surface area contributed by atoms with Gasteiger partial charge in [-0.15, -0.1) is 11.3 Å². The minimum Gasteiger partial charge on any atom is -0.508 e. The summed E-state index contributed by atoms with van der Waals surface area (Å²) in [5.41, 5.74) is 2.05. The normalized spacial score (nSPS) is 12.1. The van der Waals surface area contributed by atoms with Gasteiger partial charge in [0.25, 0.3) is 0 Å². The quantitative estimate of drug-likeness (QED) is 0.583. The minimum absolute atomic E-state index is 0. The Bertz CT molecular complexity index is 726. The van der Waals surface area contributed by atoms with Gasteiger partial charge < -0.3 is 15.2 Å². The Morgan fingerprint density at radius 3 is 2.91 bits per heavy atom. The summed E-state index contributed by atoms with van der Waals surface area (Å²) in [6.45, 7) is 5.91. The lowest BCUT2D eigenvalue weighted by molar-refractivity contribution is 0.415. The van der Waals surface area contributed by atoms with E-state index in [2.05, 4.69) is 29.1 Å². The molecule has 0 saturated heterocycles. The van der Waals surface area contributed by atoms with Gasteiger partial charge in [-0.3, -0.25) is 4.99 Å². The van der Waals surface area contributed by atoms with Crippen molar-refractivity contribution in [3.05, 3.63) is 40.9 Å². The molecule has 0 atom stereocenters. The average Bonchev–Trinajstić information content (AvgIpc) is 2.98. The summed E-state index contributed by atoms with van der Waals surface area (Å²) in [7, 11) is 1.60. The fraction of sp³-hybridized carbons (Fsp3) is 0.294. The van der Waals surface area contributed by atoms with E-state index in [0.29, 0.717) is 23.0 Å². The van der Waals surface area contributed by atoms with Crippen LogP contribution in [0.4, 0.5) is 10.8 Å². The number of ether oxygens (including phenoxy) is 1. The minimum atomic E-state index is 0. The van der Waals surface area contributed by atoms with Crippen LogP contribution in [0, 0.1) is 0 Å². The number of aromatic nitrogens is 1. The van der Waals surface area contributed by atoms with Crippen molar-refractivity contribution < 1.29 is 11.3 Å². The number of anilines is 1. The third-order valence-corrected chi connectivity index (χ3v) is 3.82. The number of nitrogens with one attached hydrogen (secondary N) is 1. The Morgan fingerprint density at radius 2 is 2.26 bits per heavy atom. The van der Waals surface area contributed by atoms with Crippen LogP contribution in [-0.4, -0.2) is 29.5 Å². The van der Waals surface area contributed by atoms with Gasteiger partial charge in [-0.05, 0) is 39.0 Å². The highest BCUT2D eigenvalue weighted by Gasteiger charge is 2.07.